The van der Waals surface area contributed by atoms with Gasteiger partial charge in [-0.25, -0.2) is 0 Å². The third kappa shape index (κ3) is 2.37. The van der Waals surface area contributed by atoms with E-state index in [1.165, 1.54) is 5.56 Å². The lowest BCUT2D eigenvalue weighted by molar-refractivity contribution is 0.232. The fourth-order valence-electron chi connectivity index (χ4n) is 2.68. The standard InChI is InChI=1S/C17H19NO2/c1-18-11-15-10-13-4-3-5-16(17(13)20-15)12-6-8-14(19-2)9-7-12/h3-9,15,18H,10-11H2,1-2H3/t15-/m1/s1. The van der Waals surface area contributed by atoms with Gasteiger partial charge in [0.15, 0.2) is 0 Å². The lowest BCUT2D eigenvalue weighted by atomic mass is 10.0. The van der Waals surface area contributed by atoms with Gasteiger partial charge in [0, 0.05) is 18.5 Å². The van der Waals surface area contributed by atoms with Gasteiger partial charge in [-0.1, -0.05) is 30.3 Å². The van der Waals surface area contributed by atoms with Gasteiger partial charge in [-0.2, -0.15) is 0 Å². The molecule has 3 heteroatoms. The van der Waals surface area contributed by atoms with Gasteiger partial charge in [-0.3, -0.25) is 0 Å². The van der Waals surface area contributed by atoms with Gasteiger partial charge in [0.25, 0.3) is 0 Å². The molecule has 0 fully saturated rings. The zero-order valence-corrected chi connectivity index (χ0v) is 11.8. The zero-order chi connectivity index (χ0) is 13.9. The molecule has 0 saturated carbocycles. The lowest BCUT2D eigenvalue weighted by Gasteiger charge is -2.12. The van der Waals surface area contributed by atoms with Crippen molar-refractivity contribution in [1.29, 1.82) is 0 Å². The van der Waals surface area contributed by atoms with E-state index in [9.17, 15) is 0 Å². The first-order valence-corrected chi connectivity index (χ1v) is 6.89. The zero-order valence-electron chi connectivity index (χ0n) is 11.8. The summed E-state index contributed by atoms with van der Waals surface area (Å²) in [6, 6.07) is 14.5. The van der Waals surface area contributed by atoms with Crippen molar-refractivity contribution in [2.24, 2.45) is 0 Å². The van der Waals surface area contributed by atoms with E-state index in [0.29, 0.717) is 0 Å². The lowest BCUT2D eigenvalue weighted by Crippen LogP contribution is -2.27. The molecule has 3 rings (SSSR count). The largest absolute Gasteiger partial charge is 0.497 e. The third-order valence-corrected chi connectivity index (χ3v) is 3.66. The van der Waals surface area contributed by atoms with Crippen LogP contribution in [0.15, 0.2) is 42.5 Å². The van der Waals surface area contributed by atoms with Crippen LogP contribution in [0.2, 0.25) is 0 Å². The van der Waals surface area contributed by atoms with E-state index in [1.807, 2.05) is 19.2 Å². The van der Waals surface area contributed by atoms with E-state index in [0.717, 1.165) is 35.6 Å². The molecule has 2 aromatic rings. The molecule has 0 radical (unpaired) electrons. The highest BCUT2D eigenvalue weighted by Gasteiger charge is 2.24. The van der Waals surface area contributed by atoms with E-state index in [2.05, 4.69) is 35.6 Å². The van der Waals surface area contributed by atoms with Crippen LogP contribution in [0.5, 0.6) is 11.5 Å². The Balaban J connectivity index is 1.94. The Bertz CT molecular complexity index is 592. The molecule has 0 unspecified atom stereocenters. The Kier molecular flexibility index (Phi) is 3.61. The number of benzene rings is 2. The summed E-state index contributed by atoms with van der Waals surface area (Å²) in [6.07, 6.45) is 1.20. The number of hydrogen-bond acceptors (Lipinski definition) is 3. The minimum absolute atomic E-state index is 0.231. The van der Waals surface area contributed by atoms with E-state index in [4.69, 9.17) is 9.47 Å². The second kappa shape index (κ2) is 5.55. The summed E-state index contributed by atoms with van der Waals surface area (Å²) in [4.78, 5) is 0. The quantitative estimate of drug-likeness (QED) is 0.925. The fraction of sp³-hybridized carbons (Fsp3) is 0.294. The number of ether oxygens (including phenoxy) is 2. The van der Waals surface area contributed by atoms with Gasteiger partial charge < -0.3 is 14.8 Å². The summed E-state index contributed by atoms with van der Waals surface area (Å²) in [5.41, 5.74) is 3.61. The molecule has 0 spiro atoms. The predicted molar refractivity (Wildman–Crippen MR) is 80.5 cm³/mol. The third-order valence-electron chi connectivity index (χ3n) is 3.66. The van der Waals surface area contributed by atoms with Crippen LogP contribution in [-0.2, 0) is 6.42 Å². The maximum Gasteiger partial charge on any atom is 0.130 e. The molecule has 20 heavy (non-hydrogen) atoms. The van der Waals surface area contributed by atoms with Crippen molar-refractivity contribution >= 4 is 0 Å². The van der Waals surface area contributed by atoms with Gasteiger partial charge >= 0.3 is 0 Å². The van der Waals surface area contributed by atoms with Crippen molar-refractivity contribution in [3.05, 3.63) is 48.0 Å². The predicted octanol–water partition coefficient (Wildman–Crippen LogP) is 2.89. The summed E-state index contributed by atoms with van der Waals surface area (Å²) >= 11 is 0. The summed E-state index contributed by atoms with van der Waals surface area (Å²) in [6.45, 7) is 0.872. The first-order valence-electron chi connectivity index (χ1n) is 6.89. The summed E-state index contributed by atoms with van der Waals surface area (Å²) in [5.74, 6) is 1.90. The minimum atomic E-state index is 0.231. The van der Waals surface area contributed by atoms with Crippen LogP contribution >= 0.6 is 0 Å². The fourth-order valence-corrected chi connectivity index (χ4v) is 2.68. The molecule has 1 atom stereocenters. The second-order valence-corrected chi connectivity index (χ2v) is 5.02. The average Bonchev–Trinajstić information content (AvgIpc) is 2.90. The van der Waals surface area contributed by atoms with Crippen LogP contribution in [0.1, 0.15) is 5.56 Å². The second-order valence-electron chi connectivity index (χ2n) is 5.02. The molecule has 0 bridgehead atoms. The Morgan fingerprint density at radius 2 is 2.00 bits per heavy atom. The van der Waals surface area contributed by atoms with Crippen LogP contribution in [0.25, 0.3) is 11.1 Å². The highest BCUT2D eigenvalue weighted by Crippen LogP contribution is 2.38. The van der Waals surface area contributed by atoms with Crippen molar-refractivity contribution in [1.82, 2.24) is 5.32 Å². The van der Waals surface area contributed by atoms with Gasteiger partial charge in [-0.05, 0) is 30.3 Å². The van der Waals surface area contributed by atoms with E-state index in [1.54, 1.807) is 7.11 Å². The van der Waals surface area contributed by atoms with Crippen LogP contribution in [0, 0.1) is 0 Å². The molecule has 0 aliphatic carbocycles. The number of nitrogens with one attached hydrogen (secondary N) is 1. The van der Waals surface area contributed by atoms with Crippen molar-refractivity contribution in [3.63, 3.8) is 0 Å². The smallest absolute Gasteiger partial charge is 0.130 e. The van der Waals surface area contributed by atoms with Crippen molar-refractivity contribution in [2.45, 2.75) is 12.5 Å². The molecule has 104 valence electrons. The van der Waals surface area contributed by atoms with Gasteiger partial charge in [-0.15, -0.1) is 0 Å². The molecule has 3 nitrogen and oxygen atoms in total. The highest BCUT2D eigenvalue weighted by atomic mass is 16.5. The molecule has 1 aliphatic rings. The average molecular weight is 269 g/mol. The topological polar surface area (TPSA) is 30.5 Å². The first kappa shape index (κ1) is 13.0. The van der Waals surface area contributed by atoms with Crippen molar-refractivity contribution in [3.8, 4) is 22.6 Å². The molecule has 0 amide bonds. The van der Waals surface area contributed by atoms with Gasteiger partial charge in [0.2, 0.25) is 0 Å². The van der Waals surface area contributed by atoms with Gasteiger partial charge in [0.05, 0.1) is 7.11 Å². The number of para-hydroxylation sites is 1. The maximum absolute atomic E-state index is 6.10. The van der Waals surface area contributed by atoms with Gasteiger partial charge in [0.1, 0.15) is 17.6 Å². The van der Waals surface area contributed by atoms with Crippen molar-refractivity contribution in [2.75, 3.05) is 20.7 Å². The van der Waals surface area contributed by atoms with E-state index < -0.39 is 0 Å². The molecule has 1 N–H and O–H groups in total. The molecule has 0 saturated heterocycles. The maximum atomic E-state index is 6.10. The SMILES string of the molecule is CNC[C@H]1Cc2cccc(-c3ccc(OC)cc3)c2O1. The molecule has 1 aliphatic heterocycles. The number of methoxy groups -OCH3 is 1. The Hall–Kier alpha value is -2.00. The van der Waals surface area contributed by atoms with E-state index >= 15 is 0 Å². The Morgan fingerprint density at radius 1 is 1.20 bits per heavy atom. The summed E-state index contributed by atoms with van der Waals surface area (Å²) < 4.78 is 11.3. The van der Waals surface area contributed by atoms with Crippen LogP contribution in [0.4, 0.5) is 0 Å². The highest BCUT2D eigenvalue weighted by molar-refractivity contribution is 5.73. The normalized spacial score (nSPS) is 16.6. The Labute approximate surface area is 119 Å². The summed E-state index contributed by atoms with van der Waals surface area (Å²) in [7, 11) is 3.64. The first-order chi connectivity index (χ1) is 9.81. The molecular formula is C17H19NO2. The molecule has 2 aromatic carbocycles. The molecule has 0 aromatic heterocycles. The Morgan fingerprint density at radius 3 is 2.70 bits per heavy atom. The number of fused-ring (bicyclic) bond motifs is 1. The minimum Gasteiger partial charge on any atom is -0.497 e. The monoisotopic (exact) mass is 269 g/mol. The molecule has 1 heterocycles. The number of rotatable bonds is 4. The number of hydrogen-bond donors (Lipinski definition) is 1. The van der Waals surface area contributed by atoms with Crippen LogP contribution in [-0.4, -0.2) is 26.8 Å². The number of likely N-dealkylation sites (N-methyl/N-ethyl adjacent to an activating group) is 1. The van der Waals surface area contributed by atoms with E-state index in [-0.39, 0.29) is 6.10 Å². The molecular weight excluding hydrogens is 250 g/mol. The summed E-state index contributed by atoms with van der Waals surface area (Å²) in [5, 5.41) is 3.18. The van der Waals surface area contributed by atoms with Crippen LogP contribution < -0.4 is 14.8 Å². The van der Waals surface area contributed by atoms with Crippen LogP contribution in [0.3, 0.4) is 0 Å². The van der Waals surface area contributed by atoms with Crippen molar-refractivity contribution < 1.29 is 9.47 Å².